The summed E-state index contributed by atoms with van der Waals surface area (Å²) in [5, 5.41) is 4.69. The molecule has 2 atom stereocenters. The fourth-order valence-electron chi connectivity index (χ4n) is 5.32. The number of piperidine rings is 1. The summed E-state index contributed by atoms with van der Waals surface area (Å²) >= 11 is 0. The summed E-state index contributed by atoms with van der Waals surface area (Å²) < 4.78 is 24.7. The number of amides is 1. The van der Waals surface area contributed by atoms with Crippen LogP contribution in [-0.2, 0) is 4.74 Å². The van der Waals surface area contributed by atoms with E-state index < -0.39 is 0 Å². The molecule has 1 aromatic carbocycles. The van der Waals surface area contributed by atoms with Gasteiger partial charge in [0, 0.05) is 38.3 Å². The topological polar surface area (TPSA) is 71.7 Å². The van der Waals surface area contributed by atoms with E-state index >= 15 is 0 Å². The lowest BCUT2D eigenvalue weighted by molar-refractivity contribution is -0.0728. The molecule has 7 nitrogen and oxygen atoms in total. The van der Waals surface area contributed by atoms with E-state index in [2.05, 4.69) is 28.9 Å². The Hall–Kier alpha value is -2.84. The molecular formula is C26H31FN4O3. The number of carbonyl (C=O) groups is 1. The average Bonchev–Trinajstić information content (AvgIpc) is 3.19. The zero-order valence-corrected chi connectivity index (χ0v) is 20.0. The van der Waals surface area contributed by atoms with Gasteiger partial charge in [-0.15, -0.1) is 0 Å². The molecule has 2 saturated heterocycles. The number of nitrogens with zero attached hydrogens (tertiary/aromatic N) is 4. The van der Waals surface area contributed by atoms with Gasteiger partial charge in [0.1, 0.15) is 5.82 Å². The van der Waals surface area contributed by atoms with Crippen LogP contribution >= 0.6 is 0 Å². The molecule has 0 bridgehead atoms. The van der Waals surface area contributed by atoms with Crippen LogP contribution in [0.4, 0.5) is 4.39 Å². The van der Waals surface area contributed by atoms with Gasteiger partial charge in [0.15, 0.2) is 0 Å². The third kappa shape index (κ3) is 4.70. The van der Waals surface area contributed by atoms with Gasteiger partial charge in [0.2, 0.25) is 0 Å². The summed E-state index contributed by atoms with van der Waals surface area (Å²) in [6.07, 6.45) is 2.49. The number of likely N-dealkylation sites (tertiary alicyclic amines) is 1. The number of hydrogen-bond donors (Lipinski definition) is 0. The fraction of sp³-hybridized carbons (Fsp3) is 0.500. The molecule has 180 valence electrons. The van der Waals surface area contributed by atoms with Gasteiger partial charge in [-0.2, -0.15) is 0 Å². The summed E-state index contributed by atoms with van der Waals surface area (Å²) in [5.74, 6) is 0.223. The Balaban J connectivity index is 1.32. The smallest absolute Gasteiger partial charge is 0.259 e. The van der Waals surface area contributed by atoms with Crippen molar-refractivity contribution in [3.8, 4) is 11.3 Å². The number of fused-ring (bicyclic) bond motifs is 1. The normalized spacial score (nSPS) is 22.4. The van der Waals surface area contributed by atoms with Gasteiger partial charge >= 0.3 is 0 Å². The summed E-state index contributed by atoms with van der Waals surface area (Å²) in [4.78, 5) is 22.6. The lowest BCUT2D eigenvalue weighted by atomic mass is 9.94. The summed E-state index contributed by atoms with van der Waals surface area (Å²) in [6, 6.07) is 7.86. The minimum absolute atomic E-state index is 0.0332. The number of hydrogen-bond acceptors (Lipinski definition) is 6. The van der Waals surface area contributed by atoms with Crippen molar-refractivity contribution in [2.45, 2.75) is 45.8 Å². The number of aromatic nitrogens is 2. The molecule has 2 aliphatic heterocycles. The van der Waals surface area contributed by atoms with Gasteiger partial charge in [-0.05, 0) is 69.9 Å². The van der Waals surface area contributed by atoms with E-state index in [9.17, 15) is 9.18 Å². The zero-order valence-electron chi connectivity index (χ0n) is 20.0. The Labute approximate surface area is 198 Å². The highest BCUT2D eigenvalue weighted by Crippen LogP contribution is 2.29. The van der Waals surface area contributed by atoms with Crippen molar-refractivity contribution in [3.63, 3.8) is 0 Å². The third-order valence-corrected chi connectivity index (χ3v) is 6.90. The number of halogens is 1. The first-order chi connectivity index (χ1) is 16.4. The molecule has 2 aliphatic rings. The minimum atomic E-state index is -0.319. The SMILES string of the molecule is Cc1noc2nc(-c3ccc(F)cc3)cc(C(=O)N3CCC(CN4CC(C)OC(C)C4)CC3)c12. The Morgan fingerprint density at radius 2 is 1.79 bits per heavy atom. The van der Waals surface area contributed by atoms with Gasteiger partial charge in [-0.25, -0.2) is 9.37 Å². The first-order valence-corrected chi connectivity index (χ1v) is 12.1. The van der Waals surface area contributed by atoms with Crippen molar-refractivity contribution < 1.29 is 18.4 Å². The average molecular weight is 467 g/mol. The fourth-order valence-corrected chi connectivity index (χ4v) is 5.32. The highest BCUT2D eigenvalue weighted by atomic mass is 19.1. The molecule has 0 saturated carbocycles. The molecular weight excluding hydrogens is 435 g/mol. The van der Waals surface area contributed by atoms with Gasteiger partial charge < -0.3 is 14.2 Å². The van der Waals surface area contributed by atoms with Crippen molar-refractivity contribution in [1.82, 2.24) is 19.9 Å². The Morgan fingerprint density at radius 1 is 1.12 bits per heavy atom. The van der Waals surface area contributed by atoms with E-state index in [1.807, 2.05) is 11.8 Å². The van der Waals surface area contributed by atoms with Crippen LogP contribution in [-0.4, -0.2) is 70.8 Å². The Bertz CT molecular complexity index is 1160. The standard InChI is InChI=1S/C26H31FN4O3/c1-16-13-30(14-17(2)33-16)15-19-8-10-31(11-9-19)26(32)22-12-23(20-4-6-21(27)7-5-20)28-25-24(22)18(3)29-34-25/h4-7,12,16-17,19H,8-11,13-15H2,1-3H3. The van der Waals surface area contributed by atoms with Crippen molar-refractivity contribution in [3.05, 3.63) is 47.4 Å². The molecule has 0 aliphatic carbocycles. The molecule has 2 fully saturated rings. The first kappa shape index (κ1) is 22.9. The molecule has 2 aromatic heterocycles. The number of carbonyl (C=O) groups excluding carboxylic acids is 1. The quantitative estimate of drug-likeness (QED) is 0.571. The van der Waals surface area contributed by atoms with Crippen LogP contribution in [0.5, 0.6) is 0 Å². The maximum absolute atomic E-state index is 13.6. The molecule has 4 heterocycles. The number of pyridine rings is 1. The van der Waals surface area contributed by atoms with Crippen LogP contribution in [0.25, 0.3) is 22.4 Å². The first-order valence-electron chi connectivity index (χ1n) is 12.1. The molecule has 2 unspecified atom stereocenters. The number of benzene rings is 1. The second-order valence-corrected chi connectivity index (χ2v) is 9.72. The summed E-state index contributed by atoms with van der Waals surface area (Å²) in [6.45, 7) is 10.5. The van der Waals surface area contributed by atoms with E-state index in [1.54, 1.807) is 18.2 Å². The molecule has 0 N–H and O–H groups in total. The Kier molecular flexibility index (Phi) is 6.36. The maximum atomic E-state index is 13.6. The van der Waals surface area contributed by atoms with Crippen LogP contribution in [0.2, 0.25) is 0 Å². The predicted octanol–water partition coefficient (Wildman–Crippen LogP) is 4.30. The molecule has 5 rings (SSSR count). The molecule has 34 heavy (non-hydrogen) atoms. The van der Waals surface area contributed by atoms with E-state index in [-0.39, 0.29) is 23.9 Å². The van der Waals surface area contributed by atoms with Crippen LogP contribution < -0.4 is 0 Å². The van der Waals surface area contributed by atoms with E-state index in [1.165, 1.54) is 12.1 Å². The number of aryl methyl sites for hydroxylation is 1. The summed E-state index contributed by atoms with van der Waals surface area (Å²) in [7, 11) is 0. The second-order valence-electron chi connectivity index (χ2n) is 9.72. The number of rotatable bonds is 4. The van der Waals surface area contributed by atoms with Crippen LogP contribution in [0.1, 0.15) is 42.7 Å². The number of ether oxygens (including phenoxy) is 1. The van der Waals surface area contributed by atoms with E-state index in [4.69, 9.17) is 9.26 Å². The van der Waals surface area contributed by atoms with Crippen LogP contribution in [0.3, 0.4) is 0 Å². The van der Waals surface area contributed by atoms with E-state index in [0.29, 0.717) is 34.0 Å². The van der Waals surface area contributed by atoms with Crippen molar-refractivity contribution in [2.75, 3.05) is 32.7 Å². The molecule has 1 amide bonds. The van der Waals surface area contributed by atoms with Crippen LogP contribution in [0.15, 0.2) is 34.9 Å². The Morgan fingerprint density at radius 3 is 2.47 bits per heavy atom. The van der Waals surface area contributed by atoms with E-state index in [0.717, 1.165) is 51.1 Å². The maximum Gasteiger partial charge on any atom is 0.259 e. The van der Waals surface area contributed by atoms with Crippen LogP contribution in [0, 0.1) is 18.7 Å². The lowest BCUT2D eigenvalue weighted by Crippen LogP contribution is -2.48. The predicted molar refractivity (Wildman–Crippen MR) is 127 cm³/mol. The van der Waals surface area contributed by atoms with Gasteiger partial charge in [-0.3, -0.25) is 9.69 Å². The minimum Gasteiger partial charge on any atom is -0.373 e. The van der Waals surface area contributed by atoms with Gasteiger partial charge in [0.05, 0.1) is 34.5 Å². The molecule has 0 radical (unpaired) electrons. The largest absolute Gasteiger partial charge is 0.373 e. The van der Waals surface area contributed by atoms with Gasteiger partial charge in [0.25, 0.3) is 11.6 Å². The lowest BCUT2D eigenvalue weighted by Gasteiger charge is -2.39. The number of morpholine rings is 1. The van der Waals surface area contributed by atoms with Crippen molar-refractivity contribution >= 4 is 17.0 Å². The molecule has 3 aromatic rings. The van der Waals surface area contributed by atoms with Crippen molar-refractivity contribution in [2.24, 2.45) is 5.92 Å². The third-order valence-electron chi connectivity index (χ3n) is 6.90. The van der Waals surface area contributed by atoms with Gasteiger partial charge in [-0.1, -0.05) is 5.16 Å². The second kappa shape index (κ2) is 9.43. The highest BCUT2D eigenvalue weighted by molar-refractivity contribution is 6.07. The molecule has 8 heteroatoms. The monoisotopic (exact) mass is 466 g/mol. The zero-order chi connectivity index (χ0) is 23.8. The summed E-state index contributed by atoms with van der Waals surface area (Å²) in [5.41, 5.74) is 2.80. The van der Waals surface area contributed by atoms with Crippen molar-refractivity contribution in [1.29, 1.82) is 0 Å². The molecule has 0 spiro atoms. The highest BCUT2D eigenvalue weighted by Gasteiger charge is 2.30.